The fourth-order valence-electron chi connectivity index (χ4n) is 3.88. The molecule has 0 aromatic carbocycles. The molecule has 8 heteroatoms. The predicted octanol–water partition coefficient (Wildman–Crippen LogP) is 3.17. The van der Waals surface area contributed by atoms with Gasteiger partial charge in [-0.05, 0) is 42.9 Å². The number of nitrogens with zero attached hydrogens (tertiary/aromatic N) is 1. The third-order valence-electron chi connectivity index (χ3n) is 5.45. The fraction of sp³-hybridized carbons (Fsp3) is 0.429. The van der Waals surface area contributed by atoms with Gasteiger partial charge in [-0.1, -0.05) is 6.92 Å². The van der Waals surface area contributed by atoms with Crippen LogP contribution in [-0.4, -0.2) is 34.9 Å². The number of hydrogen-bond donors (Lipinski definition) is 1. The van der Waals surface area contributed by atoms with Gasteiger partial charge in [-0.15, -0.1) is 11.3 Å². The molecular weight excluding hydrogens is 392 g/mol. The van der Waals surface area contributed by atoms with Gasteiger partial charge in [-0.2, -0.15) is 0 Å². The van der Waals surface area contributed by atoms with Crippen LogP contribution in [0.4, 0.5) is 5.00 Å². The van der Waals surface area contributed by atoms with E-state index in [1.54, 1.807) is 12.1 Å². The van der Waals surface area contributed by atoms with E-state index in [1.807, 2.05) is 0 Å². The summed E-state index contributed by atoms with van der Waals surface area (Å²) in [5.74, 6) is -0.259. The molecule has 2 aromatic rings. The van der Waals surface area contributed by atoms with Gasteiger partial charge in [0.05, 0.1) is 11.8 Å². The number of fused-ring (bicyclic) bond motifs is 1. The highest BCUT2D eigenvalue weighted by atomic mass is 32.1. The van der Waals surface area contributed by atoms with Crippen LogP contribution in [0.2, 0.25) is 0 Å². The highest BCUT2D eigenvalue weighted by molar-refractivity contribution is 7.17. The largest absolute Gasteiger partial charge is 0.461 e. The van der Waals surface area contributed by atoms with E-state index in [-0.39, 0.29) is 55.1 Å². The number of hydrogen-bond acceptors (Lipinski definition) is 6. The van der Waals surface area contributed by atoms with Crippen LogP contribution in [0.15, 0.2) is 22.8 Å². The molecule has 152 valence electrons. The number of amides is 3. The quantitative estimate of drug-likeness (QED) is 0.578. The summed E-state index contributed by atoms with van der Waals surface area (Å²) in [5, 5.41) is 3.37. The number of nitrogens with one attached hydrogen (secondary N) is 1. The molecule has 0 saturated carbocycles. The standard InChI is InChI=1S/C21H22N2O5S/c1-12-4-5-13-15(11-12)29-21(19(13)20(27)14-3-2-10-28-14)22-16(24)8-9-23-17(25)6-7-18(23)26/h2-3,10,12H,4-9,11H2,1H3,(H,22,24)/t12-/m1/s1. The summed E-state index contributed by atoms with van der Waals surface area (Å²) in [7, 11) is 0. The topological polar surface area (TPSA) is 96.7 Å². The minimum Gasteiger partial charge on any atom is -0.461 e. The van der Waals surface area contributed by atoms with Crippen LogP contribution in [0, 0.1) is 5.92 Å². The van der Waals surface area contributed by atoms with E-state index in [1.165, 1.54) is 17.6 Å². The molecule has 1 N–H and O–H groups in total. The predicted molar refractivity (Wildman–Crippen MR) is 107 cm³/mol. The van der Waals surface area contributed by atoms with E-state index in [4.69, 9.17) is 4.42 Å². The van der Waals surface area contributed by atoms with Crippen molar-refractivity contribution >= 4 is 39.8 Å². The SMILES string of the molecule is C[C@@H]1CCc2c(sc(NC(=O)CCN3C(=O)CCC3=O)c2C(=O)c2ccco2)C1. The number of ketones is 1. The van der Waals surface area contributed by atoms with Gasteiger partial charge < -0.3 is 9.73 Å². The fourth-order valence-corrected chi connectivity index (χ4v) is 5.31. The molecule has 3 amide bonds. The van der Waals surface area contributed by atoms with Gasteiger partial charge in [0.2, 0.25) is 23.5 Å². The first-order chi connectivity index (χ1) is 13.9. The smallest absolute Gasteiger partial charge is 0.231 e. The van der Waals surface area contributed by atoms with Gasteiger partial charge in [0.15, 0.2) is 5.76 Å². The molecule has 4 rings (SSSR count). The molecule has 0 spiro atoms. The Morgan fingerprint density at radius 3 is 2.69 bits per heavy atom. The van der Waals surface area contributed by atoms with Crippen LogP contribution in [0.25, 0.3) is 0 Å². The summed E-state index contributed by atoms with van der Waals surface area (Å²) in [6, 6.07) is 3.28. The van der Waals surface area contributed by atoms with Gasteiger partial charge in [0.1, 0.15) is 5.00 Å². The molecule has 29 heavy (non-hydrogen) atoms. The van der Waals surface area contributed by atoms with Crippen molar-refractivity contribution < 1.29 is 23.6 Å². The van der Waals surface area contributed by atoms with Crippen molar-refractivity contribution in [1.82, 2.24) is 4.90 Å². The van der Waals surface area contributed by atoms with E-state index < -0.39 is 0 Å². The molecule has 0 bridgehead atoms. The Bertz CT molecular complexity index is 960. The minimum absolute atomic E-state index is 0.00479. The Labute approximate surface area is 172 Å². The van der Waals surface area contributed by atoms with Crippen molar-refractivity contribution in [2.75, 3.05) is 11.9 Å². The maximum absolute atomic E-state index is 13.0. The zero-order valence-electron chi connectivity index (χ0n) is 16.2. The van der Waals surface area contributed by atoms with E-state index in [2.05, 4.69) is 12.2 Å². The molecule has 2 aromatic heterocycles. The lowest BCUT2D eigenvalue weighted by molar-refractivity contribution is -0.138. The third kappa shape index (κ3) is 3.89. The van der Waals surface area contributed by atoms with E-state index in [0.717, 1.165) is 34.6 Å². The number of thiophene rings is 1. The maximum Gasteiger partial charge on any atom is 0.231 e. The number of imide groups is 1. The molecule has 1 saturated heterocycles. The van der Waals surface area contributed by atoms with E-state index in [9.17, 15) is 19.2 Å². The van der Waals surface area contributed by atoms with Crippen LogP contribution < -0.4 is 5.32 Å². The van der Waals surface area contributed by atoms with Crippen molar-refractivity contribution in [3.05, 3.63) is 40.2 Å². The van der Waals surface area contributed by atoms with E-state index >= 15 is 0 Å². The second-order valence-electron chi connectivity index (χ2n) is 7.60. The van der Waals surface area contributed by atoms with Crippen molar-refractivity contribution in [3.8, 4) is 0 Å². The highest BCUT2D eigenvalue weighted by Crippen LogP contribution is 2.40. The number of rotatable bonds is 6. The maximum atomic E-state index is 13.0. The lowest BCUT2D eigenvalue weighted by Gasteiger charge is -2.18. The summed E-state index contributed by atoms with van der Waals surface area (Å²) in [6.07, 6.45) is 4.54. The van der Waals surface area contributed by atoms with Crippen molar-refractivity contribution in [1.29, 1.82) is 0 Å². The Balaban J connectivity index is 1.54. The van der Waals surface area contributed by atoms with Crippen molar-refractivity contribution in [3.63, 3.8) is 0 Å². The molecule has 0 radical (unpaired) electrons. The molecule has 2 aliphatic rings. The molecular formula is C21H22N2O5S. The zero-order chi connectivity index (χ0) is 20.5. The molecule has 1 aliphatic carbocycles. The summed E-state index contributed by atoms with van der Waals surface area (Å²) in [4.78, 5) is 51.3. The number of carbonyl (C=O) groups excluding carboxylic acids is 4. The Hall–Kier alpha value is -2.74. The van der Waals surface area contributed by atoms with Crippen molar-refractivity contribution in [2.45, 2.75) is 45.4 Å². The molecule has 3 heterocycles. The average molecular weight is 414 g/mol. The summed E-state index contributed by atoms with van der Waals surface area (Å²) in [6.45, 7) is 2.24. The van der Waals surface area contributed by atoms with Gasteiger partial charge >= 0.3 is 0 Å². The van der Waals surface area contributed by atoms with Gasteiger partial charge in [0.25, 0.3) is 0 Å². The Kier molecular flexibility index (Phi) is 5.36. The van der Waals surface area contributed by atoms with Crippen LogP contribution in [0.1, 0.15) is 59.2 Å². The molecule has 7 nitrogen and oxygen atoms in total. The third-order valence-corrected chi connectivity index (χ3v) is 6.62. The number of likely N-dealkylation sites (tertiary alicyclic amines) is 1. The van der Waals surface area contributed by atoms with Crippen LogP contribution >= 0.6 is 11.3 Å². The Morgan fingerprint density at radius 2 is 2.00 bits per heavy atom. The molecule has 0 unspecified atom stereocenters. The minimum atomic E-state index is -0.322. The molecule has 1 fully saturated rings. The van der Waals surface area contributed by atoms with Crippen LogP contribution in [0.3, 0.4) is 0 Å². The number of carbonyl (C=O) groups is 4. The second kappa shape index (κ2) is 7.94. The first kappa shape index (κ1) is 19.6. The average Bonchev–Trinajstić information content (AvgIpc) is 3.39. The molecule has 1 aliphatic heterocycles. The van der Waals surface area contributed by atoms with Crippen LogP contribution in [0.5, 0.6) is 0 Å². The summed E-state index contributed by atoms with van der Waals surface area (Å²) < 4.78 is 5.29. The van der Waals surface area contributed by atoms with Crippen LogP contribution in [-0.2, 0) is 27.2 Å². The monoisotopic (exact) mass is 414 g/mol. The van der Waals surface area contributed by atoms with Gasteiger partial charge in [0, 0.05) is 30.7 Å². The highest BCUT2D eigenvalue weighted by Gasteiger charge is 2.31. The zero-order valence-corrected chi connectivity index (χ0v) is 17.0. The Morgan fingerprint density at radius 1 is 1.24 bits per heavy atom. The number of furan rings is 1. The first-order valence-corrected chi connectivity index (χ1v) is 10.6. The summed E-state index contributed by atoms with van der Waals surface area (Å²) in [5.41, 5.74) is 1.50. The number of anilines is 1. The van der Waals surface area contributed by atoms with E-state index in [0.29, 0.717) is 16.5 Å². The second-order valence-corrected chi connectivity index (χ2v) is 8.70. The van der Waals surface area contributed by atoms with Gasteiger partial charge in [-0.25, -0.2) is 0 Å². The lowest BCUT2D eigenvalue weighted by atomic mass is 9.87. The first-order valence-electron chi connectivity index (χ1n) is 9.79. The molecule has 1 atom stereocenters. The lowest BCUT2D eigenvalue weighted by Crippen LogP contribution is -2.32. The normalized spacial score (nSPS) is 18.8. The van der Waals surface area contributed by atoms with Crippen molar-refractivity contribution in [2.24, 2.45) is 5.92 Å². The summed E-state index contributed by atoms with van der Waals surface area (Å²) >= 11 is 1.44. The van der Waals surface area contributed by atoms with Gasteiger partial charge in [-0.3, -0.25) is 24.1 Å².